The summed E-state index contributed by atoms with van der Waals surface area (Å²) in [5.74, 6) is 5.76. The number of hydrogen-bond acceptors (Lipinski definition) is 3. The van der Waals surface area contributed by atoms with Gasteiger partial charge in [0.05, 0.1) is 0 Å². The van der Waals surface area contributed by atoms with Gasteiger partial charge in [-0.25, -0.2) is 5.84 Å². The van der Waals surface area contributed by atoms with Crippen molar-refractivity contribution in [1.82, 2.24) is 5.43 Å². The van der Waals surface area contributed by atoms with E-state index in [2.05, 4.69) is 56.2 Å². The van der Waals surface area contributed by atoms with Crippen LogP contribution in [-0.2, 0) is 4.79 Å². The molecule has 0 spiro atoms. The molecule has 0 aromatic heterocycles. The molecule has 1 aliphatic heterocycles. The van der Waals surface area contributed by atoms with Gasteiger partial charge in [0.2, 0.25) is 0 Å². The van der Waals surface area contributed by atoms with E-state index in [-0.39, 0.29) is 17.5 Å². The molecule has 0 saturated carbocycles. The highest BCUT2D eigenvalue weighted by Gasteiger charge is 2.41. The molecule has 2 atom stereocenters. The Morgan fingerprint density at radius 2 is 2.19 bits per heavy atom. The Morgan fingerprint density at radius 1 is 1.52 bits per heavy atom. The van der Waals surface area contributed by atoms with Crippen LogP contribution in [0.5, 0.6) is 0 Å². The van der Waals surface area contributed by atoms with Gasteiger partial charge in [0, 0.05) is 11.2 Å². The number of rotatable bonds is 3. The van der Waals surface area contributed by atoms with Crippen molar-refractivity contribution in [1.29, 1.82) is 0 Å². The van der Waals surface area contributed by atoms with Gasteiger partial charge in [0.15, 0.2) is 0 Å². The van der Waals surface area contributed by atoms with Gasteiger partial charge < -0.3 is 4.90 Å². The predicted octanol–water partition coefficient (Wildman–Crippen LogP) is 2.86. The normalized spacial score (nSPS) is 21.6. The molecule has 0 radical (unpaired) electrons. The first-order valence-corrected chi connectivity index (χ1v) is 7.72. The molecule has 116 valence electrons. The number of fused-ring (bicyclic) bond motifs is 1. The Balaban J connectivity index is 2.57. The van der Waals surface area contributed by atoms with Crippen molar-refractivity contribution in [2.45, 2.75) is 65.0 Å². The summed E-state index contributed by atoms with van der Waals surface area (Å²) in [6, 6.07) is 6.27. The third-order valence-electron chi connectivity index (χ3n) is 4.57. The minimum absolute atomic E-state index is 0.0745. The van der Waals surface area contributed by atoms with Crippen molar-refractivity contribution < 1.29 is 4.79 Å². The largest absolute Gasteiger partial charge is 0.354 e. The summed E-state index contributed by atoms with van der Waals surface area (Å²) in [6.45, 7) is 10.8. The lowest BCUT2D eigenvalue weighted by Gasteiger charge is -2.50. The van der Waals surface area contributed by atoms with Gasteiger partial charge in [-0.05, 0) is 51.2 Å². The molecule has 3 N–H and O–H groups in total. The smallest absolute Gasteiger partial charge is 0.256 e. The van der Waals surface area contributed by atoms with Crippen LogP contribution in [0.4, 0.5) is 5.69 Å². The van der Waals surface area contributed by atoms with Gasteiger partial charge in [0.25, 0.3) is 5.91 Å². The second-order valence-corrected chi connectivity index (χ2v) is 6.78. The highest BCUT2D eigenvalue weighted by molar-refractivity contribution is 5.86. The number of nitrogens with two attached hydrogens (primary N) is 1. The van der Waals surface area contributed by atoms with E-state index < -0.39 is 0 Å². The average molecular weight is 289 g/mol. The van der Waals surface area contributed by atoms with Gasteiger partial charge >= 0.3 is 0 Å². The van der Waals surface area contributed by atoms with Gasteiger partial charge in [-0.1, -0.05) is 31.5 Å². The highest BCUT2D eigenvalue weighted by Crippen LogP contribution is 2.45. The van der Waals surface area contributed by atoms with Gasteiger partial charge in [0.1, 0.15) is 6.04 Å². The van der Waals surface area contributed by atoms with Crippen LogP contribution in [0.2, 0.25) is 0 Å². The number of carbonyl (C=O) groups excluding carboxylic acids is 1. The fourth-order valence-electron chi connectivity index (χ4n) is 3.74. The van der Waals surface area contributed by atoms with Crippen LogP contribution in [0.1, 0.15) is 57.6 Å². The van der Waals surface area contributed by atoms with E-state index in [4.69, 9.17) is 5.84 Å². The summed E-state index contributed by atoms with van der Waals surface area (Å²) in [7, 11) is 0. The first kappa shape index (κ1) is 15.8. The Labute approximate surface area is 127 Å². The van der Waals surface area contributed by atoms with Gasteiger partial charge in [-0.2, -0.15) is 0 Å². The number of amides is 1. The molecule has 0 fully saturated rings. The Kier molecular flexibility index (Phi) is 4.28. The number of carbonyl (C=O) groups is 1. The SMILES string of the molecule is CC[C@H](C(=O)NN)N1c2ccc(C)cc2[C@@H](C)CC1(C)C. The van der Waals surface area contributed by atoms with Crippen LogP contribution >= 0.6 is 0 Å². The van der Waals surface area contributed by atoms with E-state index >= 15 is 0 Å². The molecule has 1 aromatic rings. The fourth-order valence-corrected chi connectivity index (χ4v) is 3.74. The number of nitrogens with one attached hydrogen (secondary N) is 1. The summed E-state index contributed by atoms with van der Waals surface area (Å²) >= 11 is 0. The molecule has 0 bridgehead atoms. The fraction of sp³-hybridized carbons (Fsp3) is 0.588. The zero-order chi connectivity index (χ0) is 15.8. The molecule has 4 heteroatoms. The maximum Gasteiger partial charge on any atom is 0.256 e. The van der Waals surface area contributed by atoms with Crippen LogP contribution in [0.3, 0.4) is 0 Å². The number of hydrazine groups is 1. The molecular weight excluding hydrogens is 262 g/mol. The maximum atomic E-state index is 12.2. The molecule has 4 nitrogen and oxygen atoms in total. The minimum Gasteiger partial charge on any atom is -0.354 e. The molecule has 0 aliphatic carbocycles. The number of benzene rings is 1. The standard InChI is InChI=1S/C17H27N3O/c1-6-14(16(21)19-18)20-15-8-7-11(2)9-13(15)12(3)10-17(20,4)5/h7-9,12,14H,6,10,18H2,1-5H3,(H,19,21)/t12-,14+/m0/s1. The molecule has 21 heavy (non-hydrogen) atoms. The maximum absolute atomic E-state index is 12.2. The molecular formula is C17H27N3O. The van der Waals surface area contributed by atoms with E-state index in [1.807, 2.05) is 6.92 Å². The minimum atomic E-state index is -0.237. The lowest BCUT2D eigenvalue weighted by Crippen LogP contribution is -2.59. The van der Waals surface area contributed by atoms with Crippen molar-refractivity contribution >= 4 is 11.6 Å². The zero-order valence-corrected chi connectivity index (χ0v) is 13.7. The molecule has 1 aromatic carbocycles. The first-order chi connectivity index (χ1) is 9.81. The van der Waals surface area contributed by atoms with Crippen molar-refractivity contribution in [2.24, 2.45) is 5.84 Å². The Hall–Kier alpha value is -1.55. The van der Waals surface area contributed by atoms with E-state index in [9.17, 15) is 4.79 Å². The van der Waals surface area contributed by atoms with Crippen molar-refractivity contribution in [2.75, 3.05) is 4.90 Å². The molecule has 0 unspecified atom stereocenters. The quantitative estimate of drug-likeness (QED) is 0.511. The first-order valence-electron chi connectivity index (χ1n) is 7.72. The van der Waals surface area contributed by atoms with E-state index in [1.165, 1.54) is 16.8 Å². The van der Waals surface area contributed by atoms with E-state index in [0.717, 1.165) is 12.8 Å². The van der Waals surface area contributed by atoms with E-state index in [0.29, 0.717) is 5.92 Å². The summed E-state index contributed by atoms with van der Waals surface area (Å²) in [5, 5.41) is 0. The Bertz CT molecular complexity index is 539. The molecule has 0 saturated heterocycles. The highest BCUT2D eigenvalue weighted by atomic mass is 16.2. The molecule has 1 heterocycles. The number of nitrogens with zero attached hydrogens (tertiary/aromatic N) is 1. The van der Waals surface area contributed by atoms with Crippen LogP contribution in [0, 0.1) is 6.92 Å². The lowest BCUT2D eigenvalue weighted by atomic mass is 9.78. The van der Waals surface area contributed by atoms with Crippen LogP contribution in [0.15, 0.2) is 18.2 Å². The van der Waals surface area contributed by atoms with E-state index in [1.54, 1.807) is 0 Å². The van der Waals surface area contributed by atoms with Gasteiger partial charge in [-0.15, -0.1) is 0 Å². The number of aryl methyl sites for hydroxylation is 1. The lowest BCUT2D eigenvalue weighted by molar-refractivity contribution is -0.122. The summed E-state index contributed by atoms with van der Waals surface area (Å²) in [4.78, 5) is 14.5. The van der Waals surface area contributed by atoms with Crippen LogP contribution in [0.25, 0.3) is 0 Å². The van der Waals surface area contributed by atoms with Crippen LogP contribution in [-0.4, -0.2) is 17.5 Å². The monoisotopic (exact) mass is 289 g/mol. The molecule has 1 amide bonds. The third-order valence-corrected chi connectivity index (χ3v) is 4.57. The zero-order valence-electron chi connectivity index (χ0n) is 13.7. The second kappa shape index (κ2) is 5.68. The summed E-state index contributed by atoms with van der Waals surface area (Å²) < 4.78 is 0. The summed E-state index contributed by atoms with van der Waals surface area (Å²) in [6.07, 6.45) is 1.76. The topological polar surface area (TPSA) is 58.4 Å². The van der Waals surface area contributed by atoms with Crippen molar-refractivity contribution in [3.63, 3.8) is 0 Å². The molecule has 1 aliphatic rings. The average Bonchev–Trinajstić information content (AvgIpc) is 2.42. The summed E-state index contributed by atoms with van der Waals surface area (Å²) in [5.41, 5.74) is 6.01. The van der Waals surface area contributed by atoms with Gasteiger partial charge in [-0.3, -0.25) is 10.2 Å². The third kappa shape index (κ3) is 2.77. The second-order valence-electron chi connectivity index (χ2n) is 6.78. The number of hydrogen-bond donors (Lipinski definition) is 2. The molecule has 2 rings (SSSR count). The van der Waals surface area contributed by atoms with Crippen molar-refractivity contribution in [3.8, 4) is 0 Å². The van der Waals surface area contributed by atoms with Crippen LogP contribution < -0.4 is 16.2 Å². The number of anilines is 1. The van der Waals surface area contributed by atoms with Crippen molar-refractivity contribution in [3.05, 3.63) is 29.3 Å². The predicted molar refractivity (Wildman–Crippen MR) is 87.2 cm³/mol. The Morgan fingerprint density at radius 3 is 2.76 bits per heavy atom.